The Morgan fingerprint density at radius 3 is 2.85 bits per heavy atom. The van der Waals surface area contributed by atoms with Crippen molar-refractivity contribution >= 4 is 32.5 Å². The van der Waals surface area contributed by atoms with Gasteiger partial charge in [0.1, 0.15) is 0 Å². The number of para-hydroxylation sites is 1. The van der Waals surface area contributed by atoms with Gasteiger partial charge in [-0.3, -0.25) is 14.8 Å². The fourth-order valence-corrected chi connectivity index (χ4v) is 2.51. The van der Waals surface area contributed by atoms with E-state index in [1.54, 1.807) is 18.3 Å². The second kappa shape index (κ2) is 5.05. The number of nitrogens with zero attached hydrogens (tertiary/aromatic N) is 3. The molecule has 0 unspecified atom stereocenters. The quantitative estimate of drug-likeness (QED) is 0.542. The number of halogens is 1. The van der Waals surface area contributed by atoms with E-state index in [2.05, 4.69) is 21.0 Å². The predicted molar refractivity (Wildman–Crippen MR) is 79.6 cm³/mol. The van der Waals surface area contributed by atoms with Crippen LogP contribution in [0.3, 0.4) is 0 Å². The van der Waals surface area contributed by atoms with Crippen molar-refractivity contribution in [2.24, 2.45) is 0 Å². The molecule has 6 heteroatoms. The minimum absolute atomic E-state index is 0.0685. The number of benzene rings is 2. The lowest BCUT2D eigenvalue weighted by Gasteiger charge is -2.05. The summed E-state index contributed by atoms with van der Waals surface area (Å²) in [5, 5.41) is 16.3. The molecule has 20 heavy (non-hydrogen) atoms. The van der Waals surface area contributed by atoms with E-state index in [9.17, 15) is 10.1 Å². The average molecular weight is 332 g/mol. The Labute approximate surface area is 123 Å². The van der Waals surface area contributed by atoms with Crippen molar-refractivity contribution in [2.45, 2.75) is 6.54 Å². The molecule has 0 aliphatic rings. The van der Waals surface area contributed by atoms with E-state index in [0.717, 1.165) is 16.5 Å². The lowest BCUT2D eigenvalue weighted by molar-refractivity contribution is -0.385. The third-order valence-electron chi connectivity index (χ3n) is 3.09. The Bertz CT molecular complexity index is 798. The molecule has 1 aromatic heterocycles. The third kappa shape index (κ3) is 2.30. The summed E-state index contributed by atoms with van der Waals surface area (Å²) in [5.74, 6) is 0. The van der Waals surface area contributed by atoms with E-state index in [4.69, 9.17) is 0 Å². The molecule has 0 spiro atoms. The Morgan fingerprint density at radius 1 is 1.25 bits per heavy atom. The first kappa shape index (κ1) is 12.8. The summed E-state index contributed by atoms with van der Waals surface area (Å²) in [6, 6.07) is 13.0. The van der Waals surface area contributed by atoms with Crippen LogP contribution in [0.1, 0.15) is 5.56 Å². The zero-order chi connectivity index (χ0) is 14.1. The second-order valence-electron chi connectivity index (χ2n) is 4.40. The van der Waals surface area contributed by atoms with Crippen LogP contribution in [0.2, 0.25) is 0 Å². The van der Waals surface area contributed by atoms with Gasteiger partial charge in [-0.2, -0.15) is 5.10 Å². The summed E-state index contributed by atoms with van der Waals surface area (Å²) in [7, 11) is 0. The maximum absolute atomic E-state index is 10.9. The molecule has 0 amide bonds. The van der Waals surface area contributed by atoms with Crippen molar-refractivity contribution in [3.8, 4) is 0 Å². The van der Waals surface area contributed by atoms with Gasteiger partial charge >= 0.3 is 0 Å². The average Bonchev–Trinajstić information content (AvgIpc) is 2.84. The highest BCUT2D eigenvalue weighted by Gasteiger charge is 2.13. The maximum atomic E-state index is 10.9. The lowest BCUT2D eigenvalue weighted by atomic mass is 10.2. The molecule has 0 atom stereocenters. The van der Waals surface area contributed by atoms with Gasteiger partial charge in [0, 0.05) is 11.5 Å². The van der Waals surface area contributed by atoms with Crippen molar-refractivity contribution in [2.75, 3.05) is 0 Å². The molecule has 0 saturated carbocycles. The monoisotopic (exact) mass is 331 g/mol. The summed E-state index contributed by atoms with van der Waals surface area (Å²) in [6.45, 7) is 0.502. The molecule has 2 aromatic carbocycles. The van der Waals surface area contributed by atoms with Gasteiger partial charge in [-0.15, -0.1) is 0 Å². The van der Waals surface area contributed by atoms with Gasteiger partial charge in [0.05, 0.1) is 27.7 Å². The zero-order valence-corrected chi connectivity index (χ0v) is 11.9. The number of hydrogen-bond donors (Lipinski definition) is 0. The fourth-order valence-electron chi connectivity index (χ4n) is 2.12. The molecule has 0 bridgehead atoms. The smallest absolute Gasteiger partial charge is 0.260 e. The molecular formula is C14H10BrN3O2. The predicted octanol–water partition coefficient (Wildman–Crippen LogP) is 3.76. The van der Waals surface area contributed by atoms with Gasteiger partial charge < -0.3 is 0 Å². The highest BCUT2D eigenvalue weighted by molar-refractivity contribution is 9.10. The van der Waals surface area contributed by atoms with Crippen LogP contribution in [-0.4, -0.2) is 14.7 Å². The van der Waals surface area contributed by atoms with Gasteiger partial charge in [0.15, 0.2) is 0 Å². The minimum Gasteiger partial charge on any atom is -0.260 e. The van der Waals surface area contributed by atoms with E-state index in [1.807, 2.05) is 35.0 Å². The SMILES string of the molecule is O=[N+]([O-])c1cc(Cn2ncc3ccccc32)ccc1Br. The van der Waals surface area contributed by atoms with E-state index in [0.29, 0.717) is 11.0 Å². The van der Waals surface area contributed by atoms with Crippen LogP contribution in [0.25, 0.3) is 10.9 Å². The largest absolute Gasteiger partial charge is 0.283 e. The van der Waals surface area contributed by atoms with E-state index in [1.165, 1.54) is 0 Å². The standard InChI is InChI=1S/C14H10BrN3O2/c15-12-6-5-10(7-14(12)18(19)20)9-17-13-4-2-1-3-11(13)8-16-17/h1-8H,9H2. The number of rotatable bonds is 3. The molecule has 1 heterocycles. The molecule has 3 aromatic rings. The van der Waals surface area contributed by atoms with E-state index < -0.39 is 4.92 Å². The Morgan fingerprint density at radius 2 is 2.05 bits per heavy atom. The number of fused-ring (bicyclic) bond motifs is 1. The number of nitro groups is 1. The van der Waals surface area contributed by atoms with Crippen LogP contribution in [0, 0.1) is 10.1 Å². The van der Waals surface area contributed by atoms with Crippen LogP contribution in [-0.2, 0) is 6.54 Å². The molecule has 0 N–H and O–H groups in total. The van der Waals surface area contributed by atoms with Gasteiger partial charge in [-0.1, -0.05) is 24.3 Å². The van der Waals surface area contributed by atoms with Gasteiger partial charge in [-0.25, -0.2) is 0 Å². The van der Waals surface area contributed by atoms with Crippen LogP contribution >= 0.6 is 15.9 Å². The highest BCUT2D eigenvalue weighted by Crippen LogP contribution is 2.26. The molecule has 0 fully saturated rings. The molecule has 3 rings (SSSR count). The van der Waals surface area contributed by atoms with Crippen molar-refractivity contribution in [3.05, 3.63) is 68.8 Å². The lowest BCUT2D eigenvalue weighted by Crippen LogP contribution is -2.02. The van der Waals surface area contributed by atoms with Crippen LogP contribution in [0.15, 0.2) is 53.1 Å². The second-order valence-corrected chi connectivity index (χ2v) is 5.26. The summed E-state index contributed by atoms with van der Waals surface area (Å²) >= 11 is 3.18. The summed E-state index contributed by atoms with van der Waals surface area (Å²) < 4.78 is 2.32. The number of aromatic nitrogens is 2. The number of nitro benzene ring substituents is 1. The van der Waals surface area contributed by atoms with E-state index in [-0.39, 0.29) is 5.69 Å². The molecule has 100 valence electrons. The molecule has 0 aliphatic heterocycles. The first-order valence-corrected chi connectivity index (χ1v) is 6.78. The Balaban J connectivity index is 1.99. The van der Waals surface area contributed by atoms with Crippen LogP contribution in [0.5, 0.6) is 0 Å². The number of hydrogen-bond acceptors (Lipinski definition) is 3. The summed E-state index contributed by atoms with van der Waals surface area (Å²) in [5.41, 5.74) is 1.92. The van der Waals surface area contributed by atoms with Crippen molar-refractivity contribution < 1.29 is 4.92 Å². The first-order valence-electron chi connectivity index (χ1n) is 5.98. The first-order chi connectivity index (χ1) is 9.65. The topological polar surface area (TPSA) is 61.0 Å². The Hall–Kier alpha value is -2.21. The zero-order valence-electron chi connectivity index (χ0n) is 10.4. The van der Waals surface area contributed by atoms with Crippen LogP contribution < -0.4 is 0 Å². The summed E-state index contributed by atoms with van der Waals surface area (Å²) in [6.07, 6.45) is 1.79. The molecule has 5 nitrogen and oxygen atoms in total. The minimum atomic E-state index is -0.394. The molecule has 0 radical (unpaired) electrons. The van der Waals surface area contributed by atoms with Crippen molar-refractivity contribution in [1.29, 1.82) is 0 Å². The van der Waals surface area contributed by atoms with Gasteiger partial charge in [-0.05, 0) is 33.6 Å². The van der Waals surface area contributed by atoms with E-state index >= 15 is 0 Å². The third-order valence-corrected chi connectivity index (χ3v) is 3.76. The summed E-state index contributed by atoms with van der Waals surface area (Å²) in [4.78, 5) is 10.5. The van der Waals surface area contributed by atoms with Crippen LogP contribution in [0.4, 0.5) is 5.69 Å². The normalized spacial score (nSPS) is 10.8. The maximum Gasteiger partial charge on any atom is 0.283 e. The molecular weight excluding hydrogens is 322 g/mol. The molecule has 0 saturated heterocycles. The van der Waals surface area contributed by atoms with Gasteiger partial charge in [0.2, 0.25) is 0 Å². The highest BCUT2D eigenvalue weighted by atomic mass is 79.9. The molecule has 0 aliphatic carbocycles. The van der Waals surface area contributed by atoms with Crippen molar-refractivity contribution in [3.63, 3.8) is 0 Å². The fraction of sp³-hybridized carbons (Fsp3) is 0.0714. The Kier molecular flexibility index (Phi) is 3.23. The van der Waals surface area contributed by atoms with Gasteiger partial charge in [0.25, 0.3) is 5.69 Å². The van der Waals surface area contributed by atoms with Crippen molar-refractivity contribution in [1.82, 2.24) is 9.78 Å².